The number of carbonyl (C=O) groups is 1. The number of unbranched alkanes of at least 4 members (excludes halogenated alkanes) is 11. The van der Waals surface area contributed by atoms with Crippen molar-refractivity contribution in [1.82, 2.24) is 0 Å². The summed E-state index contributed by atoms with van der Waals surface area (Å²) in [5.41, 5.74) is 1.13. The van der Waals surface area contributed by atoms with Gasteiger partial charge in [-0.15, -0.1) is 0 Å². The van der Waals surface area contributed by atoms with E-state index in [1.165, 1.54) is 64.2 Å². The number of benzene rings is 2. The number of hydrogen-bond acceptors (Lipinski definition) is 4. The molecule has 31 heavy (non-hydrogen) atoms. The first-order valence-corrected chi connectivity index (χ1v) is 11.7. The van der Waals surface area contributed by atoms with Gasteiger partial charge in [0.2, 0.25) is 0 Å². The lowest BCUT2D eigenvalue weighted by Crippen LogP contribution is -2.06. The Hall–Kier alpha value is -2.85. The van der Waals surface area contributed by atoms with Gasteiger partial charge in [-0.25, -0.2) is 4.79 Å². The molecule has 2 aromatic carbocycles. The van der Waals surface area contributed by atoms with Gasteiger partial charge in [-0.3, -0.25) is 0 Å². The Balaban J connectivity index is 1.63. The fraction of sp³-hybridized carbons (Fsp3) is 0.519. The SMILES string of the molecule is CCCCCCCCCCCCCCOC(=O)c1ccc2cc(C#N)c(C#N)cc2c1. The summed E-state index contributed by atoms with van der Waals surface area (Å²) < 4.78 is 5.41. The molecule has 0 amide bonds. The van der Waals surface area contributed by atoms with Crippen LogP contribution in [0.1, 0.15) is 105 Å². The molecule has 4 nitrogen and oxygen atoms in total. The highest BCUT2D eigenvalue weighted by Crippen LogP contribution is 2.21. The van der Waals surface area contributed by atoms with Crippen LogP contribution in [0.4, 0.5) is 0 Å². The molecule has 2 aromatic rings. The number of carbonyl (C=O) groups excluding carboxylic acids is 1. The summed E-state index contributed by atoms with van der Waals surface area (Å²) >= 11 is 0. The van der Waals surface area contributed by atoms with Gasteiger partial charge in [0.25, 0.3) is 0 Å². The van der Waals surface area contributed by atoms with E-state index in [1.807, 2.05) is 12.1 Å². The molecule has 164 valence electrons. The van der Waals surface area contributed by atoms with E-state index in [1.54, 1.807) is 30.3 Å². The fourth-order valence-electron chi connectivity index (χ4n) is 3.80. The van der Waals surface area contributed by atoms with E-state index in [0.29, 0.717) is 23.3 Å². The normalized spacial score (nSPS) is 10.5. The number of rotatable bonds is 14. The third kappa shape index (κ3) is 8.42. The van der Waals surface area contributed by atoms with Gasteiger partial charge < -0.3 is 4.74 Å². The van der Waals surface area contributed by atoms with E-state index < -0.39 is 0 Å². The third-order valence-electron chi connectivity index (χ3n) is 5.68. The maximum atomic E-state index is 12.3. The highest BCUT2D eigenvalue weighted by Gasteiger charge is 2.10. The van der Waals surface area contributed by atoms with Crippen LogP contribution in [-0.4, -0.2) is 12.6 Å². The number of fused-ring (bicyclic) bond motifs is 1. The standard InChI is InChI=1S/C27H34N2O2/c1-2-3-4-5-6-7-8-9-10-11-12-13-16-31-27(30)23-15-14-22-17-25(20-28)26(21-29)19-24(22)18-23/h14-15,17-19H,2-13,16H2,1H3. The quantitative estimate of drug-likeness (QED) is 0.236. The van der Waals surface area contributed by atoms with E-state index in [2.05, 4.69) is 6.92 Å². The van der Waals surface area contributed by atoms with E-state index in [-0.39, 0.29) is 5.97 Å². The van der Waals surface area contributed by atoms with Gasteiger partial charge in [0.1, 0.15) is 12.1 Å². The summed E-state index contributed by atoms with van der Waals surface area (Å²) in [6.45, 7) is 2.69. The molecule has 0 radical (unpaired) electrons. The Morgan fingerprint density at radius 1 is 0.742 bits per heavy atom. The highest BCUT2D eigenvalue weighted by molar-refractivity contribution is 5.96. The fourth-order valence-corrected chi connectivity index (χ4v) is 3.80. The first-order valence-electron chi connectivity index (χ1n) is 11.7. The van der Waals surface area contributed by atoms with E-state index in [4.69, 9.17) is 10.00 Å². The topological polar surface area (TPSA) is 73.9 Å². The Morgan fingerprint density at radius 2 is 1.26 bits per heavy atom. The third-order valence-corrected chi connectivity index (χ3v) is 5.68. The number of nitrogens with zero attached hydrogens (tertiary/aromatic N) is 2. The molecule has 4 heteroatoms. The minimum atomic E-state index is -0.340. The Bertz CT molecular complexity index is 921. The molecule has 0 saturated carbocycles. The second-order valence-corrected chi connectivity index (χ2v) is 8.21. The molecule has 2 rings (SSSR count). The molecule has 0 unspecified atom stereocenters. The number of ether oxygens (including phenoxy) is 1. The van der Waals surface area contributed by atoms with Crippen molar-refractivity contribution in [2.75, 3.05) is 6.61 Å². The van der Waals surface area contributed by atoms with Crippen molar-refractivity contribution in [2.24, 2.45) is 0 Å². The van der Waals surface area contributed by atoms with Crippen LogP contribution in [0.2, 0.25) is 0 Å². The van der Waals surface area contributed by atoms with Crippen LogP contribution in [0.5, 0.6) is 0 Å². The Kier molecular flexibility index (Phi) is 11.2. The first kappa shape index (κ1) is 24.4. The van der Waals surface area contributed by atoms with E-state index >= 15 is 0 Å². The second kappa shape index (κ2) is 14.2. The van der Waals surface area contributed by atoms with Crippen molar-refractivity contribution < 1.29 is 9.53 Å². The monoisotopic (exact) mass is 418 g/mol. The zero-order chi connectivity index (χ0) is 22.3. The predicted octanol–water partition coefficient (Wildman–Crippen LogP) is 7.44. The van der Waals surface area contributed by atoms with Crippen molar-refractivity contribution in [2.45, 2.75) is 84.0 Å². The molecule has 0 aromatic heterocycles. The average molecular weight is 419 g/mol. The largest absolute Gasteiger partial charge is 0.462 e. The average Bonchev–Trinajstić information content (AvgIpc) is 2.80. The summed E-state index contributed by atoms with van der Waals surface area (Å²) in [5, 5.41) is 19.9. The smallest absolute Gasteiger partial charge is 0.338 e. The van der Waals surface area contributed by atoms with Gasteiger partial charge in [-0.1, -0.05) is 83.6 Å². The van der Waals surface area contributed by atoms with Gasteiger partial charge in [0, 0.05) is 0 Å². The van der Waals surface area contributed by atoms with Gasteiger partial charge in [0.05, 0.1) is 23.3 Å². The Morgan fingerprint density at radius 3 is 1.81 bits per heavy atom. The van der Waals surface area contributed by atoms with Crippen LogP contribution in [-0.2, 0) is 4.74 Å². The van der Waals surface area contributed by atoms with Crippen LogP contribution >= 0.6 is 0 Å². The maximum absolute atomic E-state index is 12.3. The lowest BCUT2D eigenvalue weighted by Gasteiger charge is -2.07. The van der Waals surface area contributed by atoms with E-state index in [0.717, 1.165) is 23.6 Å². The summed E-state index contributed by atoms with van der Waals surface area (Å²) in [6, 6.07) is 12.6. The molecule has 0 spiro atoms. The zero-order valence-electron chi connectivity index (χ0n) is 18.8. The van der Waals surface area contributed by atoms with Crippen molar-refractivity contribution in [3.63, 3.8) is 0 Å². The van der Waals surface area contributed by atoms with E-state index in [9.17, 15) is 10.1 Å². The van der Waals surface area contributed by atoms with Crippen molar-refractivity contribution >= 4 is 16.7 Å². The molecular weight excluding hydrogens is 384 g/mol. The molecule has 0 atom stereocenters. The second-order valence-electron chi connectivity index (χ2n) is 8.21. The Labute approximate surface area is 186 Å². The van der Waals surface area contributed by atoms with Gasteiger partial charge >= 0.3 is 5.97 Å². The lowest BCUT2D eigenvalue weighted by atomic mass is 10.0. The first-order chi connectivity index (χ1) is 15.2. The number of esters is 1. The molecule has 0 fully saturated rings. The molecule has 0 N–H and O–H groups in total. The predicted molar refractivity (Wildman–Crippen MR) is 125 cm³/mol. The van der Waals surface area contributed by atoms with Gasteiger partial charge in [-0.05, 0) is 41.5 Å². The lowest BCUT2D eigenvalue weighted by molar-refractivity contribution is 0.0498. The van der Waals surface area contributed by atoms with Crippen molar-refractivity contribution in [3.05, 3.63) is 47.0 Å². The van der Waals surface area contributed by atoms with Crippen molar-refractivity contribution in [1.29, 1.82) is 10.5 Å². The van der Waals surface area contributed by atoms with Crippen LogP contribution in [0.25, 0.3) is 10.8 Å². The van der Waals surface area contributed by atoms with Gasteiger partial charge in [0.15, 0.2) is 0 Å². The molecule has 0 bridgehead atoms. The minimum absolute atomic E-state index is 0.317. The summed E-state index contributed by atoms with van der Waals surface area (Å²) in [6.07, 6.45) is 15.3. The summed E-state index contributed by atoms with van der Waals surface area (Å²) in [5.74, 6) is -0.340. The van der Waals surface area contributed by atoms with Crippen LogP contribution in [0.15, 0.2) is 30.3 Å². The molecule has 0 heterocycles. The molecule has 0 aliphatic carbocycles. The summed E-state index contributed by atoms with van der Waals surface area (Å²) in [7, 11) is 0. The van der Waals surface area contributed by atoms with Crippen molar-refractivity contribution in [3.8, 4) is 12.1 Å². The van der Waals surface area contributed by atoms with Crippen LogP contribution in [0, 0.1) is 22.7 Å². The molecule has 0 aliphatic heterocycles. The summed E-state index contributed by atoms with van der Waals surface area (Å²) in [4.78, 5) is 12.3. The zero-order valence-corrected chi connectivity index (χ0v) is 18.8. The van der Waals surface area contributed by atoms with Crippen LogP contribution < -0.4 is 0 Å². The number of hydrogen-bond donors (Lipinski definition) is 0. The molecular formula is C27H34N2O2. The minimum Gasteiger partial charge on any atom is -0.462 e. The maximum Gasteiger partial charge on any atom is 0.338 e. The molecule has 0 aliphatic rings. The molecule has 0 saturated heterocycles. The highest BCUT2D eigenvalue weighted by atomic mass is 16.5. The van der Waals surface area contributed by atoms with Gasteiger partial charge in [-0.2, -0.15) is 10.5 Å². The number of nitriles is 2. The van der Waals surface area contributed by atoms with Crippen LogP contribution in [0.3, 0.4) is 0 Å².